The van der Waals surface area contributed by atoms with E-state index in [9.17, 15) is 14.0 Å². The lowest BCUT2D eigenvalue weighted by Gasteiger charge is -2.53. The van der Waals surface area contributed by atoms with E-state index in [2.05, 4.69) is 0 Å². The topological polar surface area (TPSA) is 64.0 Å². The van der Waals surface area contributed by atoms with Gasteiger partial charge in [-0.3, -0.25) is 19.3 Å². The van der Waals surface area contributed by atoms with E-state index in [0.717, 1.165) is 41.3 Å². The summed E-state index contributed by atoms with van der Waals surface area (Å²) in [4.78, 5) is 30.5. The summed E-state index contributed by atoms with van der Waals surface area (Å²) in [5.74, 6) is -2.64. The predicted molar refractivity (Wildman–Crippen MR) is 159 cm³/mol. The van der Waals surface area contributed by atoms with Gasteiger partial charge < -0.3 is 14.4 Å². The molecule has 4 aromatic rings. The monoisotopic (exact) mass is 601 g/mol. The van der Waals surface area contributed by atoms with Crippen molar-refractivity contribution in [1.82, 2.24) is 9.58 Å². The van der Waals surface area contributed by atoms with Gasteiger partial charge in [-0.25, -0.2) is 4.39 Å². The summed E-state index contributed by atoms with van der Waals surface area (Å²) in [5.41, 5.74) is 1.26. The first-order valence-corrected chi connectivity index (χ1v) is 15.1. The summed E-state index contributed by atoms with van der Waals surface area (Å²) in [5, 5.41) is 3.86. The minimum absolute atomic E-state index is 0.00350. The van der Waals surface area contributed by atoms with Gasteiger partial charge in [-0.05, 0) is 67.0 Å². The number of aryl methyl sites for hydroxylation is 1. The van der Waals surface area contributed by atoms with Crippen molar-refractivity contribution in [3.63, 3.8) is 0 Å². The van der Waals surface area contributed by atoms with Crippen LogP contribution in [0.15, 0.2) is 83.1 Å². The highest BCUT2D eigenvalue weighted by molar-refractivity contribution is 7.10. The van der Waals surface area contributed by atoms with Crippen LogP contribution in [0.4, 0.5) is 8.78 Å². The van der Waals surface area contributed by atoms with E-state index < -0.39 is 28.6 Å². The van der Waals surface area contributed by atoms with Crippen LogP contribution < -0.4 is 19.9 Å². The maximum atomic E-state index is 15.5. The van der Waals surface area contributed by atoms with Gasteiger partial charge >= 0.3 is 0 Å². The van der Waals surface area contributed by atoms with Crippen LogP contribution in [0, 0.1) is 18.6 Å². The first-order valence-electron chi connectivity index (χ1n) is 14.2. The van der Waals surface area contributed by atoms with Crippen molar-refractivity contribution in [2.24, 2.45) is 0 Å². The number of carbonyl (C=O) groups is 1. The minimum Gasteiger partial charge on any atom is -0.486 e. The molecule has 10 heteroatoms. The summed E-state index contributed by atoms with van der Waals surface area (Å²) >= 11 is 1.48. The van der Waals surface area contributed by atoms with Gasteiger partial charge in [-0.1, -0.05) is 36.4 Å². The smallest absolute Gasteiger partial charge is 0.278 e. The number of nitrogens with zero attached hydrogens (tertiary/aromatic N) is 3. The average Bonchev–Trinajstić information content (AvgIpc) is 3.40. The third-order valence-corrected chi connectivity index (χ3v) is 9.68. The Labute approximate surface area is 251 Å². The molecule has 7 rings (SSSR count). The van der Waals surface area contributed by atoms with Crippen molar-refractivity contribution >= 4 is 17.2 Å². The molecule has 1 aliphatic carbocycles. The Morgan fingerprint density at radius 1 is 1.07 bits per heavy atom. The van der Waals surface area contributed by atoms with Gasteiger partial charge in [-0.2, -0.15) is 4.39 Å². The van der Waals surface area contributed by atoms with E-state index in [1.807, 2.05) is 59.8 Å². The zero-order chi connectivity index (χ0) is 29.7. The Balaban J connectivity index is 1.48. The molecule has 1 saturated carbocycles. The maximum Gasteiger partial charge on any atom is 0.278 e. The number of rotatable bonds is 4. The van der Waals surface area contributed by atoms with Crippen LogP contribution >= 0.6 is 11.3 Å². The summed E-state index contributed by atoms with van der Waals surface area (Å²) in [6, 6.07) is 14.7. The van der Waals surface area contributed by atoms with Crippen molar-refractivity contribution < 1.29 is 23.0 Å². The Morgan fingerprint density at radius 3 is 2.60 bits per heavy atom. The Morgan fingerprint density at radius 2 is 1.88 bits per heavy atom. The highest BCUT2D eigenvalue weighted by Gasteiger charge is 2.49. The Bertz CT molecular complexity index is 1800. The second kappa shape index (κ2) is 10.7. The van der Waals surface area contributed by atoms with Crippen LogP contribution in [0.3, 0.4) is 0 Å². The maximum absolute atomic E-state index is 15.5. The number of hydrogen-bond donors (Lipinski definition) is 0. The lowest BCUT2D eigenvalue weighted by molar-refractivity contribution is 0.0253. The van der Waals surface area contributed by atoms with E-state index in [1.54, 1.807) is 21.8 Å². The molecular formula is C33H29F2N3O4S. The largest absolute Gasteiger partial charge is 0.486 e. The van der Waals surface area contributed by atoms with Gasteiger partial charge in [0.25, 0.3) is 5.91 Å². The van der Waals surface area contributed by atoms with Crippen molar-refractivity contribution in [3.8, 4) is 11.5 Å². The number of benzene rings is 2. The third kappa shape index (κ3) is 4.52. The normalized spacial score (nSPS) is 19.5. The van der Waals surface area contributed by atoms with Crippen LogP contribution in [0.25, 0.3) is 0 Å². The molecular weight excluding hydrogens is 572 g/mol. The number of amides is 1. The first kappa shape index (κ1) is 27.4. The summed E-state index contributed by atoms with van der Waals surface area (Å²) in [6.45, 7) is 2.20. The van der Waals surface area contributed by atoms with Gasteiger partial charge in [0.15, 0.2) is 23.0 Å². The van der Waals surface area contributed by atoms with E-state index in [1.165, 1.54) is 23.5 Å². The number of halogens is 2. The molecule has 2 aromatic carbocycles. The predicted octanol–water partition coefficient (Wildman–Crippen LogP) is 6.09. The number of fused-ring (bicyclic) bond motifs is 6. The molecule has 2 aliphatic heterocycles. The zero-order valence-electron chi connectivity index (χ0n) is 23.5. The van der Waals surface area contributed by atoms with Crippen LogP contribution in [-0.4, -0.2) is 34.3 Å². The summed E-state index contributed by atoms with van der Waals surface area (Å²) in [7, 11) is 0. The number of pyridine rings is 1. The zero-order valence-corrected chi connectivity index (χ0v) is 24.3. The number of ether oxygens (including phenoxy) is 2. The highest BCUT2D eigenvalue weighted by Crippen LogP contribution is 2.46. The highest BCUT2D eigenvalue weighted by atomic mass is 32.1. The van der Waals surface area contributed by atoms with Crippen LogP contribution in [-0.2, 0) is 6.61 Å². The summed E-state index contributed by atoms with van der Waals surface area (Å²) in [6.07, 6.45) is 7.61. The summed E-state index contributed by atoms with van der Waals surface area (Å²) < 4.78 is 43.8. The molecule has 2 aromatic heterocycles. The van der Waals surface area contributed by atoms with Crippen molar-refractivity contribution in [2.75, 3.05) is 18.3 Å². The van der Waals surface area contributed by atoms with Crippen LogP contribution in [0.2, 0.25) is 0 Å². The quantitative estimate of drug-likeness (QED) is 0.265. The molecule has 220 valence electrons. The number of thiophene rings is 1. The SMILES string of the molecule is Cc1ccsc1[C@H]1c2ccc(F)c(F)c2OC/C=C/C2(CCC2)N2CN1n1ccc(=O)c(OCc3ccccc3)c1C2=O. The van der Waals surface area contributed by atoms with Crippen molar-refractivity contribution in [1.29, 1.82) is 0 Å². The molecule has 1 fully saturated rings. The van der Waals surface area contributed by atoms with Gasteiger partial charge in [0.05, 0.1) is 5.54 Å². The second-order valence-corrected chi connectivity index (χ2v) is 12.1. The van der Waals surface area contributed by atoms with Crippen LogP contribution in [0.5, 0.6) is 11.5 Å². The fraction of sp³-hybridized carbons (Fsp3) is 0.273. The number of carbonyl (C=O) groups excluding carboxylic acids is 1. The molecule has 0 unspecified atom stereocenters. The van der Waals surface area contributed by atoms with Gasteiger partial charge in [0, 0.05) is 22.7 Å². The molecule has 1 amide bonds. The van der Waals surface area contributed by atoms with Gasteiger partial charge in [0.2, 0.25) is 11.2 Å². The van der Waals surface area contributed by atoms with Crippen LogP contribution in [0.1, 0.15) is 57.4 Å². The van der Waals surface area contributed by atoms with Crippen molar-refractivity contribution in [3.05, 3.63) is 127 Å². The van der Waals surface area contributed by atoms with E-state index in [0.29, 0.717) is 5.56 Å². The fourth-order valence-corrected chi connectivity index (χ4v) is 7.27. The van der Waals surface area contributed by atoms with E-state index in [-0.39, 0.29) is 43.0 Å². The molecule has 0 N–H and O–H groups in total. The lowest BCUT2D eigenvalue weighted by Crippen LogP contribution is -2.64. The molecule has 3 aliphatic rings. The van der Waals surface area contributed by atoms with Crippen molar-refractivity contribution in [2.45, 2.75) is 44.4 Å². The molecule has 0 saturated heterocycles. The average molecular weight is 602 g/mol. The molecule has 1 atom stereocenters. The fourth-order valence-electron chi connectivity index (χ4n) is 6.22. The second-order valence-electron chi connectivity index (χ2n) is 11.1. The van der Waals surface area contributed by atoms with Gasteiger partial charge in [0.1, 0.15) is 25.9 Å². The molecule has 7 nitrogen and oxygen atoms in total. The van der Waals surface area contributed by atoms with E-state index in [4.69, 9.17) is 9.47 Å². The van der Waals surface area contributed by atoms with Gasteiger partial charge in [-0.15, -0.1) is 11.3 Å². The molecule has 0 radical (unpaired) electrons. The Kier molecular flexibility index (Phi) is 6.80. The third-order valence-electron chi connectivity index (χ3n) is 8.60. The molecule has 4 heterocycles. The standard InChI is InChI=1S/C33H29F2N3O4S/c1-21-12-18-43-31(21)27-23-9-10-24(34)26(35)29(23)41-17-6-15-33(13-5-14-33)36-20-38(27)37-16-11-25(39)30(28(37)32(36)40)42-19-22-7-3-2-4-8-22/h2-4,6-12,15-16,18,27H,5,13-14,17,19-20H2,1H3/b15-6+/t27-/m1/s1. The minimum atomic E-state index is -1.07. The Hall–Kier alpha value is -4.44. The lowest BCUT2D eigenvalue weighted by atomic mass is 9.74. The first-order chi connectivity index (χ1) is 20.9. The molecule has 1 spiro atoms. The number of aromatic nitrogens is 1. The molecule has 43 heavy (non-hydrogen) atoms. The number of hydrogen-bond acceptors (Lipinski definition) is 6. The van der Waals surface area contributed by atoms with E-state index >= 15 is 4.39 Å². The molecule has 2 bridgehead atoms.